The van der Waals surface area contributed by atoms with E-state index < -0.39 is 30.4 Å². The largest absolute Gasteiger partial charge is 0.401 e. The maximum absolute atomic E-state index is 13.6. The van der Waals surface area contributed by atoms with Crippen LogP contribution in [0.5, 0.6) is 0 Å². The third kappa shape index (κ3) is 4.76. The van der Waals surface area contributed by atoms with Crippen LogP contribution in [-0.2, 0) is 0 Å². The Morgan fingerprint density at radius 2 is 1.89 bits per heavy atom. The summed E-state index contributed by atoms with van der Waals surface area (Å²) in [6.45, 7) is -1.20. The van der Waals surface area contributed by atoms with Gasteiger partial charge in [0.25, 0.3) is 0 Å². The first-order valence-corrected chi connectivity index (χ1v) is 5.61. The maximum atomic E-state index is 13.6. The lowest BCUT2D eigenvalue weighted by Gasteiger charge is -2.25. The fraction of sp³-hybridized carbons (Fsp3) is 0.500. The zero-order valence-corrected chi connectivity index (χ0v) is 10.6. The molecule has 1 atom stereocenters. The molecule has 0 spiro atoms. The molecule has 2 nitrogen and oxygen atoms in total. The van der Waals surface area contributed by atoms with Crippen LogP contribution < -0.4 is 5.32 Å². The molecule has 1 aromatic carbocycles. The molecule has 0 aliphatic rings. The molecule has 1 unspecified atom stereocenters. The number of nitrogens with one attached hydrogen (secondary N) is 1. The third-order valence-electron chi connectivity index (χ3n) is 2.65. The molecule has 0 amide bonds. The number of hydrogen-bond acceptors (Lipinski definition) is 2. The van der Waals surface area contributed by atoms with Gasteiger partial charge in [-0.3, -0.25) is 4.90 Å². The minimum Gasteiger partial charge on any atom is -0.312 e. The second kappa shape index (κ2) is 6.29. The van der Waals surface area contributed by atoms with E-state index in [1.807, 2.05) is 0 Å². The Kier molecular flexibility index (Phi) is 5.25. The number of likely N-dealkylation sites (N-methyl/N-ethyl adjacent to an activating group) is 2. The van der Waals surface area contributed by atoms with E-state index in [0.29, 0.717) is 0 Å². The van der Waals surface area contributed by atoms with E-state index in [0.717, 1.165) is 11.0 Å². The van der Waals surface area contributed by atoms with Crippen molar-refractivity contribution in [2.45, 2.75) is 12.2 Å². The first kappa shape index (κ1) is 15.8. The van der Waals surface area contributed by atoms with Crippen LogP contribution in [0, 0.1) is 11.6 Å². The monoisotopic (exact) mass is 282 g/mol. The van der Waals surface area contributed by atoms with Crippen LogP contribution in [0.3, 0.4) is 0 Å². The average molecular weight is 282 g/mol. The van der Waals surface area contributed by atoms with Crippen molar-refractivity contribution >= 4 is 0 Å². The van der Waals surface area contributed by atoms with E-state index in [1.54, 1.807) is 0 Å². The van der Waals surface area contributed by atoms with Gasteiger partial charge in [-0.25, -0.2) is 8.78 Å². The van der Waals surface area contributed by atoms with Gasteiger partial charge in [0.2, 0.25) is 0 Å². The minimum atomic E-state index is -4.33. The van der Waals surface area contributed by atoms with E-state index in [4.69, 9.17) is 0 Å². The first-order chi connectivity index (χ1) is 8.74. The van der Waals surface area contributed by atoms with Gasteiger partial charge < -0.3 is 5.32 Å². The lowest BCUT2D eigenvalue weighted by atomic mass is 10.1. The number of alkyl halides is 3. The van der Waals surface area contributed by atoms with Crippen molar-refractivity contribution in [3.8, 4) is 0 Å². The fourth-order valence-electron chi connectivity index (χ4n) is 1.82. The van der Waals surface area contributed by atoms with E-state index in [1.165, 1.54) is 26.2 Å². The molecule has 1 aromatic rings. The second-order valence-electron chi connectivity index (χ2n) is 4.30. The van der Waals surface area contributed by atoms with E-state index in [9.17, 15) is 22.0 Å². The molecule has 0 bridgehead atoms. The molecule has 0 heterocycles. The van der Waals surface area contributed by atoms with Crippen molar-refractivity contribution in [1.29, 1.82) is 0 Å². The SMILES string of the molecule is CNC(CN(C)CC(F)(F)F)c1cccc(F)c1F. The second-order valence-corrected chi connectivity index (χ2v) is 4.30. The first-order valence-electron chi connectivity index (χ1n) is 5.61. The Balaban J connectivity index is 2.81. The van der Waals surface area contributed by atoms with Crippen LogP contribution in [-0.4, -0.2) is 38.3 Å². The third-order valence-corrected chi connectivity index (χ3v) is 2.65. The Morgan fingerprint density at radius 1 is 1.26 bits per heavy atom. The highest BCUT2D eigenvalue weighted by atomic mass is 19.4. The van der Waals surface area contributed by atoms with Gasteiger partial charge in [-0.2, -0.15) is 13.2 Å². The van der Waals surface area contributed by atoms with Crippen molar-refractivity contribution in [3.05, 3.63) is 35.4 Å². The molecule has 0 radical (unpaired) electrons. The molecule has 0 saturated carbocycles. The molecular weight excluding hydrogens is 267 g/mol. The van der Waals surface area contributed by atoms with Crippen LogP contribution in [0.1, 0.15) is 11.6 Å². The molecule has 0 aliphatic heterocycles. The molecule has 0 fully saturated rings. The average Bonchev–Trinajstić information content (AvgIpc) is 2.27. The van der Waals surface area contributed by atoms with Gasteiger partial charge in [0.15, 0.2) is 11.6 Å². The van der Waals surface area contributed by atoms with Gasteiger partial charge >= 0.3 is 6.18 Å². The fourth-order valence-corrected chi connectivity index (χ4v) is 1.82. The predicted molar refractivity (Wildman–Crippen MR) is 61.7 cm³/mol. The van der Waals surface area contributed by atoms with Crippen molar-refractivity contribution in [3.63, 3.8) is 0 Å². The highest BCUT2D eigenvalue weighted by molar-refractivity contribution is 5.22. The maximum Gasteiger partial charge on any atom is 0.401 e. The Hall–Kier alpha value is -1.21. The smallest absolute Gasteiger partial charge is 0.312 e. The lowest BCUT2D eigenvalue weighted by molar-refractivity contribution is -0.143. The molecule has 7 heteroatoms. The van der Waals surface area contributed by atoms with Crippen molar-refractivity contribution in [2.24, 2.45) is 0 Å². The van der Waals surface area contributed by atoms with Gasteiger partial charge in [-0.05, 0) is 20.2 Å². The van der Waals surface area contributed by atoms with Crippen molar-refractivity contribution < 1.29 is 22.0 Å². The Bertz CT molecular complexity index is 419. The number of hydrogen-bond donors (Lipinski definition) is 1. The summed E-state index contributed by atoms with van der Waals surface area (Å²) in [4.78, 5) is 1.01. The molecule has 0 saturated heterocycles. The zero-order chi connectivity index (χ0) is 14.6. The number of benzene rings is 1. The summed E-state index contributed by atoms with van der Waals surface area (Å²) in [5.74, 6) is -2.06. The topological polar surface area (TPSA) is 15.3 Å². The summed E-state index contributed by atoms with van der Waals surface area (Å²) >= 11 is 0. The molecule has 19 heavy (non-hydrogen) atoms. The Labute approximate surface area is 108 Å². The summed E-state index contributed by atoms with van der Waals surface area (Å²) in [7, 11) is 2.76. The van der Waals surface area contributed by atoms with Gasteiger partial charge in [0.05, 0.1) is 6.54 Å². The van der Waals surface area contributed by atoms with E-state index in [2.05, 4.69) is 5.32 Å². The van der Waals surface area contributed by atoms with Crippen LogP contribution in [0.4, 0.5) is 22.0 Å². The van der Waals surface area contributed by atoms with E-state index in [-0.39, 0.29) is 12.1 Å². The summed E-state index contributed by atoms with van der Waals surface area (Å²) in [6.07, 6.45) is -4.33. The molecule has 1 N–H and O–H groups in total. The zero-order valence-electron chi connectivity index (χ0n) is 10.6. The Morgan fingerprint density at radius 3 is 2.42 bits per heavy atom. The number of halogens is 5. The normalized spacial score (nSPS) is 13.9. The summed E-state index contributed by atoms with van der Waals surface area (Å²) < 4.78 is 63.3. The van der Waals surface area contributed by atoms with Crippen molar-refractivity contribution in [1.82, 2.24) is 10.2 Å². The van der Waals surface area contributed by atoms with Crippen LogP contribution in [0.15, 0.2) is 18.2 Å². The summed E-state index contributed by atoms with van der Waals surface area (Å²) in [5.41, 5.74) is 0.0107. The predicted octanol–water partition coefficient (Wildman–Crippen LogP) is 2.72. The van der Waals surface area contributed by atoms with Gasteiger partial charge in [0, 0.05) is 18.2 Å². The highest BCUT2D eigenvalue weighted by Gasteiger charge is 2.30. The lowest BCUT2D eigenvalue weighted by Crippen LogP contribution is -2.37. The summed E-state index contributed by atoms with van der Waals surface area (Å²) in [5, 5.41) is 2.69. The molecule has 0 aromatic heterocycles. The van der Waals surface area contributed by atoms with Gasteiger partial charge in [0.1, 0.15) is 0 Å². The van der Waals surface area contributed by atoms with Gasteiger partial charge in [-0.1, -0.05) is 12.1 Å². The van der Waals surface area contributed by atoms with Crippen LogP contribution in [0.25, 0.3) is 0 Å². The van der Waals surface area contributed by atoms with Gasteiger partial charge in [-0.15, -0.1) is 0 Å². The van der Waals surface area contributed by atoms with Crippen LogP contribution >= 0.6 is 0 Å². The number of rotatable bonds is 5. The van der Waals surface area contributed by atoms with Crippen LogP contribution in [0.2, 0.25) is 0 Å². The molecule has 1 rings (SSSR count). The molecule has 108 valence electrons. The molecular formula is C12H15F5N2. The standard InChI is InChI=1S/C12H15F5N2/c1-18-10(6-19(2)7-12(15,16)17)8-4-3-5-9(13)11(8)14/h3-5,10,18H,6-7H2,1-2H3. The minimum absolute atomic E-state index is 0.0107. The van der Waals surface area contributed by atoms with Crippen molar-refractivity contribution in [2.75, 3.05) is 27.2 Å². The molecule has 0 aliphatic carbocycles. The summed E-state index contributed by atoms with van der Waals surface area (Å²) in [6, 6.07) is 2.91. The van der Waals surface area contributed by atoms with E-state index >= 15 is 0 Å². The number of nitrogens with zero attached hydrogens (tertiary/aromatic N) is 1. The quantitative estimate of drug-likeness (QED) is 0.835. The highest BCUT2D eigenvalue weighted by Crippen LogP contribution is 2.21.